The first-order valence-corrected chi connectivity index (χ1v) is 14.1. The molecule has 1 aliphatic carbocycles. The van der Waals surface area contributed by atoms with Crippen molar-refractivity contribution >= 4 is 33.3 Å². The van der Waals surface area contributed by atoms with Crippen molar-refractivity contribution in [1.29, 1.82) is 0 Å². The van der Waals surface area contributed by atoms with Crippen LogP contribution in [0.1, 0.15) is 40.6 Å². The molecule has 2 aromatic heterocycles. The number of hydrogen-bond donors (Lipinski definition) is 2. The van der Waals surface area contributed by atoms with Gasteiger partial charge in [0, 0.05) is 10.4 Å². The van der Waals surface area contributed by atoms with Gasteiger partial charge < -0.3 is 19.0 Å². The molecule has 0 saturated heterocycles. The lowest BCUT2D eigenvalue weighted by molar-refractivity contribution is -2.00. The van der Waals surface area contributed by atoms with Crippen LogP contribution in [0.4, 0.5) is 5.00 Å². The molecule has 12 heteroatoms. The number of methoxy groups -OCH3 is 1. The summed E-state index contributed by atoms with van der Waals surface area (Å²) in [5, 5.41) is 12.4. The molecule has 0 atom stereocenters. The van der Waals surface area contributed by atoms with Crippen LogP contribution in [0.3, 0.4) is 0 Å². The SMILES string of the molecule is CCOC(=O)c1c(/[NH+]=c2\cc(-c3ccc(OC)cc3)oc3ccc(O)cc23)sc2c1CCCC2.[O-][Cl+3]([O-])([O-])[O-]. The number of esters is 1. The number of carbonyl (C=O) groups excluding carboxylic acids is 1. The number of carbonyl (C=O) groups is 1. The maximum absolute atomic E-state index is 12.9. The second kappa shape index (κ2) is 12.2. The van der Waals surface area contributed by atoms with Crippen molar-refractivity contribution in [3.8, 4) is 22.8 Å². The summed E-state index contributed by atoms with van der Waals surface area (Å²) < 4.78 is 50.8. The molecule has 10 nitrogen and oxygen atoms in total. The highest BCUT2D eigenvalue weighted by molar-refractivity contribution is 7.15. The van der Waals surface area contributed by atoms with Crippen molar-refractivity contribution in [2.45, 2.75) is 32.6 Å². The van der Waals surface area contributed by atoms with Crippen LogP contribution in [-0.2, 0) is 17.6 Å². The van der Waals surface area contributed by atoms with Gasteiger partial charge in [0.05, 0.1) is 25.2 Å². The van der Waals surface area contributed by atoms with Crippen LogP contribution < -0.4 is 33.7 Å². The summed E-state index contributed by atoms with van der Waals surface area (Å²) in [6, 6.07) is 14.5. The molecule has 39 heavy (non-hydrogen) atoms. The van der Waals surface area contributed by atoms with E-state index in [1.165, 1.54) is 4.88 Å². The number of ether oxygens (including phenoxy) is 2. The Kier molecular flexibility index (Phi) is 8.90. The standard InChI is InChI=1S/C27H25NO5S.ClHO4/c1-3-32-27(30)25-19-6-4-5-7-24(19)34-26(25)28-21-15-23(16-8-11-18(31-2)12-9-16)33-22-13-10-17(29)14-20(21)22;2-1(3,4)5/h8-15,29H,3-7H2,1-2H3;(H,2,3,4,5)/b28-21+;. The zero-order valence-electron chi connectivity index (χ0n) is 21.2. The second-order valence-electron chi connectivity index (χ2n) is 8.57. The summed E-state index contributed by atoms with van der Waals surface area (Å²) in [5.41, 5.74) is 3.23. The van der Waals surface area contributed by atoms with E-state index < -0.39 is 10.2 Å². The Bertz CT molecular complexity index is 1530. The Labute approximate surface area is 229 Å². The molecule has 0 saturated carbocycles. The first kappa shape index (κ1) is 28.6. The first-order chi connectivity index (χ1) is 18.6. The fourth-order valence-electron chi connectivity index (χ4n) is 4.37. The molecule has 0 spiro atoms. The number of halogens is 1. The number of aryl methyl sites for hydroxylation is 1. The van der Waals surface area contributed by atoms with Gasteiger partial charge in [0.15, 0.2) is 0 Å². The van der Waals surface area contributed by atoms with Crippen LogP contribution in [0.2, 0.25) is 0 Å². The van der Waals surface area contributed by atoms with Crippen molar-refractivity contribution in [3.05, 3.63) is 69.9 Å². The molecule has 0 radical (unpaired) electrons. The van der Waals surface area contributed by atoms with E-state index in [9.17, 15) is 9.90 Å². The van der Waals surface area contributed by atoms with Gasteiger partial charge in [-0.25, -0.2) is 23.4 Å². The Balaban J connectivity index is 0.000000648. The maximum Gasteiger partial charge on any atom is 0.346 e. The van der Waals surface area contributed by atoms with Gasteiger partial charge in [0.2, 0.25) is 5.36 Å². The van der Waals surface area contributed by atoms with E-state index >= 15 is 0 Å². The molecule has 4 aromatic rings. The molecule has 0 fully saturated rings. The summed E-state index contributed by atoms with van der Waals surface area (Å²) in [5.74, 6) is 1.25. The highest BCUT2D eigenvalue weighted by Crippen LogP contribution is 2.36. The third-order valence-electron chi connectivity index (χ3n) is 6.02. The van der Waals surface area contributed by atoms with Crippen molar-refractivity contribution in [2.75, 3.05) is 13.7 Å². The molecule has 0 bridgehead atoms. The van der Waals surface area contributed by atoms with Gasteiger partial charge in [0.25, 0.3) is 5.00 Å². The molecule has 0 amide bonds. The smallest absolute Gasteiger partial charge is 0.346 e. The number of phenolic OH excluding ortho intramolecular Hbond substituents is 1. The predicted molar refractivity (Wildman–Crippen MR) is 131 cm³/mol. The van der Waals surface area contributed by atoms with Gasteiger partial charge in [-0.2, -0.15) is 4.99 Å². The lowest BCUT2D eigenvalue weighted by Crippen LogP contribution is -2.70. The molecule has 2 heterocycles. The van der Waals surface area contributed by atoms with Crippen molar-refractivity contribution in [1.82, 2.24) is 0 Å². The number of nitrogens with one attached hydrogen (secondary N) is 1. The Morgan fingerprint density at radius 3 is 2.44 bits per heavy atom. The van der Waals surface area contributed by atoms with Gasteiger partial charge in [-0.05, 0) is 80.6 Å². The van der Waals surface area contributed by atoms with Crippen molar-refractivity contribution in [2.24, 2.45) is 0 Å². The summed E-state index contributed by atoms with van der Waals surface area (Å²) in [6.45, 7) is 2.14. The second-order valence-corrected chi connectivity index (χ2v) is 10.4. The highest BCUT2D eigenvalue weighted by atomic mass is 35.7. The lowest BCUT2D eigenvalue weighted by Gasteiger charge is -2.17. The van der Waals surface area contributed by atoms with Crippen molar-refractivity contribution in [3.63, 3.8) is 0 Å². The fraction of sp³-hybridized carbons (Fsp3) is 0.259. The van der Waals surface area contributed by atoms with Gasteiger partial charge in [-0.3, -0.25) is 0 Å². The van der Waals surface area contributed by atoms with E-state index in [4.69, 9.17) is 32.5 Å². The molecule has 2 N–H and O–H groups in total. The number of benzene rings is 2. The van der Waals surface area contributed by atoms with E-state index in [1.54, 1.807) is 36.6 Å². The Morgan fingerprint density at radius 1 is 1.08 bits per heavy atom. The summed E-state index contributed by atoms with van der Waals surface area (Å²) in [4.78, 5) is 17.7. The zero-order chi connectivity index (χ0) is 28.2. The average molecular weight is 576 g/mol. The van der Waals surface area contributed by atoms with Crippen molar-refractivity contribution < 1.29 is 57.7 Å². The van der Waals surface area contributed by atoms with Gasteiger partial charge >= 0.3 is 5.97 Å². The van der Waals surface area contributed by atoms with E-state index in [0.717, 1.165) is 58.3 Å². The van der Waals surface area contributed by atoms with Gasteiger partial charge in [-0.1, -0.05) is 11.3 Å². The quantitative estimate of drug-likeness (QED) is 0.297. The maximum atomic E-state index is 12.9. The molecule has 1 aliphatic rings. The number of aromatic hydroxyl groups is 1. The largest absolute Gasteiger partial charge is 0.508 e. The van der Waals surface area contributed by atoms with Crippen LogP contribution in [0, 0.1) is 10.2 Å². The van der Waals surface area contributed by atoms with Crippen LogP contribution in [-0.4, -0.2) is 24.8 Å². The topological polar surface area (TPSA) is 175 Å². The van der Waals surface area contributed by atoms with E-state index in [2.05, 4.69) is 4.99 Å². The summed E-state index contributed by atoms with van der Waals surface area (Å²) in [6.07, 6.45) is 4.04. The van der Waals surface area contributed by atoms with E-state index in [-0.39, 0.29) is 11.7 Å². The summed E-state index contributed by atoms with van der Waals surface area (Å²) in [7, 11) is -3.31. The van der Waals surface area contributed by atoms with Crippen LogP contribution in [0.5, 0.6) is 11.5 Å². The van der Waals surface area contributed by atoms with Crippen LogP contribution >= 0.6 is 11.3 Å². The highest BCUT2D eigenvalue weighted by Gasteiger charge is 2.29. The molecular formula is C27H26ClNO9S. The molecule has 0 unspecified atom stereocenters. The molecule has 206 valence electrons. The minimum Gasteiger partial charge on any atom is -0.508 e. The average Bonchev–Trinajstić information content (AvgIpc) is 3.26. The Hall–Kier alpha value is -3.45. The minimum atomic E-state index is -4.94. The molecule has 0 aliphatic heterocycles. The first-order valence-electron chi connectivity index (χ1n) is 12.0. The number of hydrogen-bond acceptors (Lipinski definition) is 10. The molecule has 5 rings (SSSR count). The monoisotopic (exact) mass is 575 g/mol. The van der Waals surface area contributed by atoms with E-state index in [0.29, 0.717) is 23.5 Å². The Morgan fingerprint density at radius 2 is 1.77 bits per heavy atom. The van der Waals surface area contributed by atoms with Gasteiger partial charge in [-0.15, -0.1) is 10.2 Å². The number of fused-ring (bicyclic) bond motifs is 2. The number of rotatable bonds is 5. The predicted octanol–water partition coefficient (Wildman–Crippen LogP) is -0.512. The third kappa shape index (κ3) is 7.15. The fourth-order valence-corrected chi connectivity index (χ4v) is 5.66. The minimum absolute atomic E-state index is 0.138. The summed E-state index contributed by atoms with van der Waals surface area (Å²) >= 11 is 1.61. The zero-order valence-corrected chi connectivity index (χ0v) is 22.7. The number of phenols is 1. The normalized spacial score (nSPS) is 13.4. The van der Waals surface area contributed by atoms with Gasteiger partial charge in [0.1, 0.15) is 28.4 Å². The van der Waals surface area contributed by atoms with Crippen LogP contribution in [0.25, 0.3) is 22.3 Å². The number of thiophene rings is 1. The molecule has 2 aromatic carbocycles. The lowest BCUT2D eigenvalue weighted by atomic mass is 9.95. The van der Waals surface area contributed by atoms with Crippen LogP contribution in [0.15, 0.2) is 52.9 Å². The molecular weight excluding hydrogens is 550 g/mol. The third-order valence-corrected chi connectivity index (χ3v) is 7.23. The van der Waals surface area contributed by atoms with E-state index in [1.807, 2.05) is 37.3 Å².